The minimum Gasteiger partial charge on any atom is -0.385 e. The highest BCUT2D eigenvalue weighted by atomic mass is 16.5. The van der Waals surface area contributed by atoms with Crippen LogP contribution < -0.4 is 5.32 Å². The van der Waals surface area contributed by atoms with Crippen molar-refractivity contribution in [1.29, 1.82) is 0 Å². The van der Waals surface area contributed by atoms with Gasteiger partial charge in [-0.15, -0.1) is 0 Å². The molecule has 0 aliphatic carbocycles. The van der Waals surface area contributed by atoms with E-state index in [4.69, 9.17) is 9.26 Å². The zero-order chi connectivity index (χ0) is 13.6. The van der Waals surface area contributed by atoms with Crippen LogP contribution in [0.2, 0.25) is 0 Å². The van der Waals surface area contributed by atoms with Crippen molar-refractivity contribution in [2.75, 3.05) is 18.5 Å². The molecule has 5 nitrogen and oxygen atoms in total. The van der Waals surface area contributed by atoms with Crippen molar-refractivity contribution < 1.29 is 9.26 Å². The average molecular weight is 273 g/mol. The van der Waals surface area contributed by atoms with E-state index in [2.05, 4.69) is 15.5 Å². The molecular weight excluding hydrogens is 254 g/mol. The van der Waals surface area contributed by atoms with Gasteiger partial charge in [-0.3, -0.25) is 0 Å². The summed E-state index contributed by atoms with van der Waals surface area (Å²) >= 11 is 0. The van der Waals surface area contributed by atoms with Crippen LogP contribution in [0, 0.1) is 0 Å². The third-order valence-electron chi connectivity index (χ3n) is 3.39. The molecular formula is C15H19N3O2. The first-order chi connectivity index (χ1) is 9.90. The van der Waals surface area contributed by atoms with Crippen molar-refractivity contribution in [2.24, 2.45) is 0 Å². The molecule has 0 bridgehead atoms. The number of para-hydroxylation sites is 1. The smallest absolute Gasteiger partial charge is 0.228 e. The maximum Gasteiger partial charge on any atom is 0.228 e. The third-order valence-corrected chi connectivity index (χ3v) is 3.39. The number of aromatic nitrogens is 2. The van der Waals surface area contributed by atoms with Crippen LogP contribution in [0.15, 0.2) is 34.9 Å². The predicted molar refractivity (Wildman–Crippen MR) is 75.6 cm³/mol. The molecule has 1 aromatic carbocycles. The highest BCUT2D eigenvalue weighted by molar-refractivity contribution is 5.42. The molecule has 1 aromatic heterocycles. The number of hydrogen-bond donors (Lipinski definition) is 1. The fourth-order valence-corrected chi connectivity index (χ4v) is 2.35. The van der Waals surface area contributed by atoms with Gasteiger partial charge in [0, 0.05) is 31.7 Å². The summed E-state index contributed by atoms with van der Waals surface area (Å²) in [4.78, 5) is 4.41. The molecule has 1 atom stereocenters. The lowest BCUT2D eigenvalue weighted by Crippen LogP contribution is -2.10. The first-order valence-electron chi connectivity index (χ1n) is 7.12. The van der Waals surface area contributed by atoms with E-state index >= 15 is 0 Å². The lowest BCUT2D eigenvalue weighted by molar-refractivity contribution is 0.109. The van der Waals surface area contributed by atoms with Crippen LogP contribution >= 0.6 is 0 Å². The monoisotopic (exact) mass is 273 g/mol. The Morgan fingerprint density at radius 3 is 2.95 bits per heavy atom. The second-order valence-corrected chi connectivity index (χ2v) is 4.99. The van der Waals surface area contributed by atoms with Crippen LogP contribution in [0.1, 0.15) is 24.6 Å². The number of rotatable bonds is 6. The average Bonchev–Trinajstić information content (AvgIpc) is 3.13. The summed E-state index contributed by atoms with van der Waals surface area (Å²) in [6, 6.07) is 10.1. The molecule has 1 N–H and O–H groups in total. The van der Waals surface area contributed by atoms with Crippen molar-refractivity contribution >= 4 is 5.69 Å². The number of ether oxygens (including phenoxy) is 1. The summed E-state index contributed by atoms with van der Waals surface area (Å²) in [5, 5.41) is 7.33. The quantitative estimate of drug-likeness (QED) is 0.876. The molecule has 3 rings (SSSR count). The Labute approximate surface area is 118 Å². The van der Waals surface area contributed by atoms with Crippen molar-refractivity contribution in [1.82, 2.24) is 10.1 Å². The van der Waals surface area contributed by atoms with Gasteiger partial charge < -0.3 is 14.6 Å². The fraction of sp³-hybridized carbons (Fsp3) is 0.467. The minimum atomic E-state index is 0.267. The van der Waals surface area contributed by atoms with Crippen molar-refractivity contribution in [3.05, 3.63) is 42.0 Å². The van der Waals surface area contributed by atoms with Gasteiger partial charge >= 0.3 is 0 Å². The van der Waals surface area contributed by atoms with E-state index < -0.39 is 0 Å². The number of hydrogen-bond acceptors (Lipinski definition) is 5. The van der Waals surface area contributed by atoms with Gasteiger partial charge in [0.05, 0.1) is 6.10 Å². The normalized spacial score (nSPS) is 18.3. The summed E-state index contributed by atoms with van der Waals surface area (Å²) in [6.07, 6.45) is 3.99. The molecule has 1 unspecified atom stereocenters. The molecule has 0 radical (unpaired) electrons. The first kappa shape index (κ1) is 13.1. The maximum absolute atomic E-state index is 5.57. The first-order valence-corrected chi connectivity index (χ1v) is 7.12. The van der Waals surface area contributed by atoms with Gasteiger partial charge in [0.2, 0.25) is 5.89 Å². The Bertz CT molecular complexity index is 521. The minimum absolute atomic E-state index is 0.267. The molecule has 0 spiro atoms. The molecule has 2 heterocycles. The van der Waals surface area contributed by atoms with E-state index in [0.717, 1.165) is 50.3 Å². The Balaban J connectivity index is 1.45. The van der Waals surface area contributed by atoms with E-state index in [9.17, 15) is 0 Å². The van der Waals surface area contributed by atoms with Gasteiger partial charge in [0.15, 0.2) is 5.82 Å². The molecule has 20 heavy (non-hydrogen) atoms. The van der Waals surface area contributed by atoms with Crippen LogP contribution in [0.3, 0.4) is 0 Å². The highest BCUT2D eigenvalue weighted by Crippen LogP contribution is 2.15. The van der Waals surface area contributed by atoms with Gasteiger partial charge in [0.25, 0.3) is 0 Å². The summed E-state index contributed by atoms with van der Waals surface area (Å²) in [7, 11) is 0. The van der Waals surface area contributed by atoms with E-state index in [1.165, 1.54) is 0 Å². The second-order valence-electron chi connectivity index (χ2n) is 4.99. The van der Waals surface area contributed by atoms with Gasteiger partial charge in [-0.25, -0.2) is 0 Å². The largest absolute Gasteiger partial charge is 0.385 e. The topological polar surface area (TPSA) is 60.2 Å². The Kier molecular flexibility index (Phi) is 4.28. The van der Waals surface area contributed by atoms with Gasteiger partial charge in [-0.1, -0.05) is 23.4 Å². The molecule has 5 heteroatoms. The zero-order valence-electron chi connectivity index (χ0n) is 11.4. The van der Waals surface area contributed by atoms with Crippen molar-refractivity contribution in [3.8, 4) is 0 Å². The molecule has 106 valence electrons. The molecule has 2 aromatic rings. The van der Waals surface area contributed by atoms with E-state index in [-0.39, 0.29) is 6.10 Å². The van der Waals surface area contributed by atoms with Gasteiger partial charge in [-0.2, -0.15) is 4.98 Å². The second kappa shape index (κ2) is 6.52. The molecule has 0 saturated carbocycles. The van der Waals surface area contributed by atoms with Crippen molar-refractivity contribution in [3.63, 3.8) is 0 Å². The number of benzene rings is 1. The van der Waals surface area contributed by atoms with Crippen LogP contribution in [-0.2, 0) is 17.6 Å². The molecule has 1 aliphatic rings. The summed E-state index contributed by atoms with van der Waals surface area (Å²) in [6.45, 7) is 1.64. The van der Waals surface area contributed by atoms with Crippen LogP contribution in [0.5, 0.6) is 0 Å². The standard InChI is InChI=1S/C15H19N3O2/c1-2-5-12(6-3-1)16-9-8-15-17-14(18-20-15)11-13-7-4-10-19-13/h1-3,5-6,13,16H,4,7-11H2. The molecule has 1 fully saturated rings. The van der Waals surface area contributed by atoms with Gasteiger partial charge in [-0.05, 0) is 25.0 Å². The highest BCUT2D eigenvalue weighted by Gasteiger charge is 2.18. The Hall–Kier alpha value is -1.88. The summed E-state index contributed by atoms with van der Waals surface area (Å²) in [5.74, 6) is 1.44. The molecule has 0 amide bonds. The summed E-state index contributed by atoms with van der Waals surface area (Å²) in [5.41, 5.74) is 1.10. The van der Waals surface area contributed by atoms with Gasteiger partial charge in [0.1, 0.15) is 0 Å². The van der Waals surface area contributed by atoms with Crippen molar-refractivity contribution in [2.45, 2.75) is 31.8 Å². The summed E-state index contributed by atoms with van der Waals surface area (Å²) < 4.78 is 10.8. The third kappa shape index (κ3) is 3.57. The Morgan fingerprint density at radius 2 is 2.15 bits per heavy atom. The number of nitrogens with one attached hydrogen (secondary N) is 1. The van der Waals surface area contributed by atoms with Crippen LogP contribution in [0.4, 0.5) is 5.69 Å². The molecule has 1 saturated heterocycles. The van der Waals surface area contributed by atoms with Crippen LogP contribution in [0.25, 0.3) is 0 Å². The lowest BCUT2D eigenvalue weighted by atomic mass is 10.2. The fourth-order valence-electron chi connectivity index (χ4n) is 2.35. The zero-order valence-corrected chi connectivity index (χ0v) is 11.4. The Morgan fingerprint density at radius 1 is 1.25 bits per heavy atom. The molecule has 1 aliphatic heterocycles. The maximum atomic E-state index is 5.57. The van der Waals surface area contributed by atoms with E-state index in [0.29, 0.717) is 5.89 Å². The SMILES string of the molecule is c1ccc(NCCc2nc(CC3CCCO3)no2)cc1. The number of anilines is 1. The van der Waals surface area contributed by atoms with E-state index in [1.807, 2.05) is 30.3 Å². The number of nitrogens with zero attached hydrogens (tertiary/aromatic N) is 2. The van der Waals surface area contributed by atoms with Crippen LogP contribution in [-0.4, -0.2) is 29.4 Å². The van der Waals surface area contributed by atoms with E-state index in [1.54, 1.807) is 0 Å². The predicted octanol–water partition coefficient (Wildman–Crippen LogP) is 2.45. The lowest BCUT2D eigenvalue weighted by Gasteiger charge is -2.04.